The van der Waals surface area contributed by atoms with Crippen LogP contribution < -0.4 is 10.1 Å². The molecule has 1 heterocycles. The van der Waals surface area contributed by atoms with Crippen LogP contribution in [0.25, 0.3) is 0 Å². The molecule has 8 heteroatoms. The van der Waals surface area contributed by atoms with E-state index >= 15 is 0 Å². The highest BCUT2D eigenvalue weighted by molar-refractivity contribution is 6.30. The summed E-state index contributed by atoms with van der Waals surface area (Å²) in [6, 6.07) is 3.48. The van der Waals surface area contributed by atoms with Crippen LogP contribution in [0.4, 0.5) is 4.39 Å². The lowest BCUT2D eigenvalue weighted by molar-refractivity contribution is -0.123. The lowest BCUT2D eigenvalue weighted by Crippen LogP contribution is -2.31. The number of halogens is 2. The van der Waals surface area contributed by atoms with E-state index in [0.717, 1.165) is 12.8 Å². The zero-order chi connectivity index (χ0) is 16.4. The number of hydrogen-bond acceptors (Lipinski definition) is 5. The van der Waals surface area contributed by atoms with Crippen LogP contribution in [-0.4, -0.2) is 22.7 Å². The van der Waals surface area contributed by atoms with Gasteiger partial charge in [0.2, 0.25) is 5.89 Å². The average molecular weight is 340 g/mol. The van der Waals surface area contributed by atoms with Gasteiger partial charge in [0.15, 0.2) is 12.4 Å². The number of nitrogens with zero attached hydrogens (tertiary/aromatic N) is 2. The van der Waals surface area contributed by atoms with Crippen molar-refractivity contribution < 1.29 is 18.4 Å². The van der Waals surface area contributed by atoms with Gasteiger partial charge >= 0.3 is 0 Å². The van der Waals surface area contributed by atoms with Gasteiger partial charge in [-0.3, -0.25) is 4.79 Å². The van der Waals surface area contributed by atoms with Crippen LogP contribution >= 0.6 is 11.6 Å². The fourth-order valence-corrected chi connectivity index (χ4v) is 2.16. The first-order chi connectivity index (χ1) is 11.0. The van der Waals surface area contributed by atoms with E-state index in [1.807, 2.05) is 0 Å². The van der Waals surface area contributed by atoms with Crippen molar-refractivity contribution in [1.82, 2.24) is 15.5 Å². The SMILES string of the molecule is CC(NC(=O)COc1ccc(F)c(Cl)c1)c1nc(C2CC2)no1. The van der Waals surface area contributed by atoms with E-state index in [1.165, 1.54) is 18.2 Å². The van der Waals surface area contributed by atoms with E-state index in [0.29, 0.717) is 23.4 Å². The number of hydrogen-bond donors (Lipinski definition) is 1. The first kappa shape index (κ1) is 15.7. The third-order valence-corrected chi connectivity index (χ3v) is 3.70. The quantitative estimate of drug-likeness (QED) is 0.875. The number of carbonyl (C=O) groups excluding carboxylic acids is 1. The van der Waals surface area contributed by atoms with Gasteiger partial charge in [-0.25, -0.2) is 4.39 Å². The summed E-state index contributed by atoms with van der Waals surface area (Å²) in [5, 5.41) is 6.54. The van der Waals surface area contributed by atoms with Crippen molar-refractivity contribution in [3.8, 4) is 5.75 Å². The van der Waals surface area contributed by atoms with Crippen LogP contribution in [0.1, 0.15) is 43.4 Å². The minimum absolute atomic E-state index is 0.0604. The van der Waals surface area contributed by atoms with Gasteiger partial charge in [0.25, 0.3) is 5.91 Å². The number of carbonyl (C=O) groups is 1. The van der Waals surface area contributed by atoms with Crippen LogP contribution in [0.5, 0.6) is 5.75 Å². The normalized spacial score (nSPS) is 15.3. The number of amides is 1. The Balaban J connectivity index is 1.50. The molecular weight excluding hydrogens is 325 g/mol. The molecule has 0 radical (unpaired) electrons. The van der Waals surface area contributed by atoms with Gasteiger partial charge in [-0.2, -0.15) is 4.98 Å². The molecule has 1 aliphatic carbocycles. The number of benzene rings is 1. The minimum atomic E-state index is -0.542. The van der Waals surface area contributed by atoms with Gasteiger partial charge in [0.1, 0.15) is 17.6 Å². The second-order valence-corrected chi connectivity index (χ2v) is 5.83. The molecule has 0 spiro atoms. The van der Waals surface area contributed by atoms with E-state index in [-0.39, 0.29) is 17.5 Å². The lowest BCUT2D eigenvalue weighted by Gasteiger charge is -2.11. The standard InChI is InChI=1S/C15H15ClFN3O3/c1-8(15-19-14(20-23-15)9-2-3-9)18-13(21)7-22-10-4-5-12(17)11(16)6-10/h4-6,8-9H,2-3,7H2,1H3,(H,18,21). The highest BCUT2D eigenvalue weighted by Crippen LogP contribution is 2.38. The monoisotopic (exact) mass is 339 g/mol. The molecule has 1 N–H and O–H groups in total. The second-order valence-electron chi connectivity index (χ2n) is 5.42. The molecule has 1 aliphatic rings. The summed E-state index contributed by atoms with van der Waals surface area (Å²) in [5.74, 6) is 0.863. The van der Waals surface area contributed by atoms with Crippen LogP contribution in [0, 0.1) is 5.82 Å². The zero-order valence-electron chi connectivity index (χ0n) is 12.4. The van der Waals surface area contributed by atoms with Gasteiger partial charge in [-0.1, -0.05) is 16.8 Å². The second kappa shape index (κ2) is 6.54. The Morgan fingerprint density at radius 1 is 1.57 bits per heavy atom. The van der Waals surface area contributed by atoms with Crippen molar-refractivity contribution in [2.24, 2.45) is 0 Å². The molecule has 1 fully saturated rings. The molecule has 0 aliphatic heterocycles. The Hall–Kier alpha value is -2.15. The van der Waals surface area contributed by atoms with Gasteiger partial charge < -0.3 is 14.6 Å². The summed E-state index contributed by atoms with van der Waals surface area (Å²) in [6.07, 6.45) is 2.15. The lowest BCUT2D eigenvalue weighted by atomic mass is 10.3. The third-order valence-electron chi connectivity index (χ3n) is 3.41. The van der Waals surface area contributed by atoms with Crippen LogP contribution in [0.3, 0.4) is 0 Å². The third kappa shape index (κ3) is 3.98. The Morgan fingerprint density at radius 2 is 2.35 bits per heavy atom. The molecule has 1 saturated carbocycles. The van der Waals surface area contributed by atoms with Crippen LogP contribution in [-0.2, 0) is 4.79 Å². The zero-order valence-corrected chi connectivity index (χ0v) is 13.1. The van der Waals surface area contributed by atoms with Crippen molar-refractivity contribution in [2.45, 2.75) is 31.7 Å². The molecule has 3 rings (SSSR count). The van der Waals surface area contributed by atoms with Crippen molar-refractivity contribution in [1.29, 1.82) is 0 Å². The van der Waals surface area contributed by atoms with E-state index in [2.05, 4.69) is 15.5 Å². The molecule has 2 aromatic rings. The van der Waals surface area contributed by atoms with Gasteiger partial charge in [-0.05, 0) is 31.9 Å². The van der Waals surface area contributed by atoms with Crippen molar-refractivity contribution in [2.75, 3.05) is 6.61 Å². The smallest absolute Gasteiger partial charge is 0.258 e. The highest BCUT2D eigenvalue weighted by atomic mass is 35.5. The summed E-state index contributed by atoms with van der Waals surface area (Å²) in [7, 11) is 0. The molecule has 0 bridgehead atoms. The minimum Gasteiger partial charge on any atom is -0.484 e. The van der Waals surface area contributed by atoms with E-state index in [1.54, 1.807) is 6.92 Å². The molecule has 1 aromatic carbocycles. The summed E-state index contributed by atoms with van der Waals surface area (Å²) < 4.78 is 23.4. The topological polar surface area (TPSA) is 77.2 Å². The predicted molar refractivity (Wildman–Crippen MR) is 79.7 cm³/mol. The average Bonchev–Trinajstić information content (AvgIpc) is 3.25. The number of nitrogens with one attached hydrogen (secondary N) is 1. The summed E-state index contributed by atoms with van der Waals surface area (Å²) in [4.78, 5) is 16.1. The molecule has 122 valence electrons. The predicted octanol–water partition coefficient (Wildman–Crippen LogP) is 3.00. The maximum absolute atomic E-state index is 13.0. The maximum Gasteiger partial charge on any atom is 0.258 e. The molecular formula is C15H15ClFN3O3. The largest absolute Gasteiger partial charge is 0.484 e. The van der Waals surface area contributed by atoms with Gasteiger partial charge in [-0.15, -0.1) is 0 Å². The molecule has 1 atom stereocenters. The van der Waals surface area contributed by atoms with Crippen molar-refractivity contribution in [3.05, 3.63) is 40.8 Å². The fraction of sp³-hybridized carbons (Fsp3) is 0.400. The van der Waals surface area contributed by atoms with Gasteiger partial charge in [0, 0.05) is 12.0 Å². The molecule has 6 nitrogen and oxygen atoms in total. The Bertz CT molecular complexity index is 718. The van der Waals surface area contributed by atoms with Crippen LogP contribution in [0.15, 0.2) is 22.7 Å². The van der Waals surface area contributed by atoms with E-state index < -0.39 is 11.9 Å². The van der Waals surface area contributed by atoms with Gasteiger partial charge in [0.05, 0.1) is 5.02 Å². The first-order valence-electron chi connectivity index (χ1n) is 7.23. The number of rotatable bonds is 6. The molecule has 0 saturated heterocycles. The molecule has 1 amide bonds. The van der Waals surface area contributed by atoms with Crippen LogP contribution in [0.2, 0.25) is 5.02 Å². The summed E-state index contributed by atoms with van der Waals surface area (Å²) >= 11 is 5.64. The fourth-order valence-electron chi connectivity index (χ4n) is 1.99. The Kier molecular flexibility index (Phi) is 4.47. The molecule has 1 aromatic heterocycles. The molecule has 23 heavy (non-hydrogen) atoms. The van der Waals surface area contributed by atoms with Crippen molar-refractivity contribution in [3.63, 3.8) is 0 Å². The van der Waals surface area contributed by atoms with E-state index in [4.69, 9.17) is 20.9 Å². The highest BCUT2D eigenvalue weighted by Gasteiger charge is 2.29. The summed E-state index contributed by atoms with van der Waals surface area (Å²) in [5.41, 5.74) is 0. The molecule has 1 unspecified atom stereocenters. The Labute approximate surface area is 137 Å². The summed E-state index contributed by atoms with van der Waals surface area (Å²) in [6.45, 7) is 1.52. The Morgan fingerprint density at radius 3 is 3.04 bits per heavy atom. The maximum atomic E-state index is 13.0. The van der Waals surface area contributed by atoms with Crippen molar-refractivity contribution >= 4 is 17.5 Å². The number of ether oxygens (including phenoxy) is 1. The first-order valence-corrected chi connectivity index (χ1v) is 7.61. The van der Waals surface area contributed by atoms with E-state index in [9.17, 15) is 9.18 Å². The number of aromatic nitrogens is 2.